The van der Waals surface area contributed by atoms with Crippen LogP contribution in [0, 0.1) is 5.82 Å². The van der Waals surface area contributed by atoms with Crippen molar-refractivity contribution < 1.29 is 19.0 Å². The summed E-state index contributed by atoms with van der Waals surface area (Å²) in [6, 6.07) is 5.01. The summed E-state index contributed by atoms with van der Waals surface area (Å²) in [5, 5.41) is 14.0. The third-order valence-electron chi connectivity index (χ3n) is 2.35. The molecule has 0 heterocycles. The van der Waals surface area contributed by atoms with Gasteiger partial charge < -0.3 is 20.5 Å². The van der Waals surface area contributed by atoms with E-state index < -0.39 is 0 Å². The smallest absolute Gasteiger partial charge is 0.315 e. The highest BCUT2D eigenvalue weighted by molar-refractivity contribution is 5.74. The molecule has 2 atom stereocenters. The van der Waals surface area contributed by atoms with E-state index in [0.717, 1.165) is 0 Å². The lowest BCUT2D eigenvalue weighted by Gasteiger charge is -2.17. The average molecular weight is 270 g/mol. The quantitative estimate of drug-likeness (QED) is 0.729. The number of hydrogen-bond donors (Lipinski definition) is 3. The van der Waals surface area contributed by atoms with Crippen LogP contribution < -0.4 is 15.4 Å². The third-order valence-corrected chi connectivity index (χ3v) is 2.35. The minimum absolute atomic E-state index is 0.116. The van der Waals surface area contributed by atoms with Crippen LogP contribution in [-0.4, -0.2) is 36.4 Å². The number of halogens is 1. The monoisotopic (exact) mass is 270 g/mol. The number of benzene rings is 1. The summed E-state index contributed by atoms with van der Waals surface area (Å²) < 4.78 is 18.2. The van der Waals surface area contributed by atoms with Gasteiger partial charge in [0, 0.05) is 0 Å². The SMILES string of the molecule is CC(CO)NC(=O)NCC(C)Oc1ccc(F)cc1. The largest absolute Gasteiger partial charge is 0.489 e. The van der Waals surface area contributed by atoms with Gasteiger partial charge in [0.2, 0.25) is 0 Å². The summed E-state index contributed by atoms with van der Waals surface area (Å²) >= 11 is 0. The second-order valence-electron chi connectivity index (χ2n) is 4.32. The fraction of sp³-hybridized carbons (Fsp3) is 0.462. The first-order valence-electron chi connectivity index (χ1n) is 6.08. The van der Waals surface area contributed by atoms with Crippen LogP contribution in [0.3, 0.4) is 0 Å². The molecule has 6 heteroatoms. The highest BCUT2D eigenvalue weighted by atomic mass is 19.1. The zero-order valence-electron chi connectivity index (χ0n) is 11.0. The summed E-state index contributed by atoms with van der Waals surface area (Å²) in [5.74, 6) is 0.218. The minimum atomic E-state index is -0.365. The molecule has 19 heavy (non-hydrogen) atoms. The van der Waals surface area contributed by atoms with Gasteiger partial charge in [-0.3, -0.25) is 0 Å². The number of aliphatic hydroxyl groups is 1. The molecule has 1 aromatic rings. The van der Waals surface area contributed by atoms with Crippen molar-refractivity contribution in [3.05, 3.63) is 30.1 Å². The Labute approximate surface area is 111 Å². The molecule has 0 aliphatic carbocycles. The van der Waals surface area contributed by atoms with Crippen LogP contribution in [0.25, 0.3) is 0 Å². The Morgan fingerprint density at radius 2 is 2.00 bits per heavy atom. The Hall–Kier alpha value is -1.82. The Bertz CT molecular complexity index is 397. The van der Waals surface area contributed by atoms with E-state index in [9.17, 15) is 9.18 Å². The zero-order valence-corrected chi connectivity index (χ0v) is 11.0. The molecule has 2 amide bonds. The molecule has 0 spiro atoms. The lowest BCUT2D eigenvalue weighted by molar-refractivity contribution is 0.200. The van der Waals surface area contributed by atoms with Gasteiger partial charge in [0.1, 0.15) is 17.7 Å². The predicted octanol–water partition coefficient (Wildman–Crippen LogP) is 1.27. The molecule has 0 aliphatic rings. The molecule has 0 bridgehead atoms. The molecular weight excluding hydrogens is 251 g/mol. The molecule has 0 radical (unpaired) electrons. The van der Waals surface area contributed by atoms with Gasteiger partial charge in [-0.25, -0.2) is 9.18 Å². The number of rotatable bonds is 6. The fourth-order valence-electron chi connectivity index (χ4n) is 1.34. The number of urea groups is 1. The van der Waals surface area contributed by atoms with Crippen LogP contribution in [0.1, 0.15) is 13.8 Å². The van der Waals surface area contributed by atoms with E-state index in [1.54, 1.807) is 13.8 Å². The van der Waals surface area contributed by atoms with Gasteiger partial charge in [0.15, 0.2) is 0 Å². The van der Waals surface area contributed by atoms with E-state index >= 15 is 0 Å². The molecule has 0 saturated heterocycles. The van der Waals surface area contributed by atoms with E-state index in [1.165, 1.54) is 24.3 Å². The van der Waals surface area contributed by atoms with Crippen LogP contribution in [-0.2, 0) is 0 Å². The summed E-state index contributed by atoms with van der Waals surface area (Å²) in [6.45, 7) is 3.67. The summed E-state index contributed by atoms with van der Waals surface area (Å²) in [6.07, 6.45) is -0.249. The molecule has 1 rings (SSSR count). The van der Waals surface area contributed by atoms with Gasteiger partial charge in [0.25, 0.3) is 0 Å². The van der Waals surface area contributed by atoms with Gasteiger partial charge in [-0.15, -0.1) is 0 Å². The van der Waals surface area contributed by atoms with E-state index in [2.05, 4.69) is 10.6 Å². The fourth-order valence-corrected chi connectivity index (χ4v) is 1.34. The van der Waals surface area contributed by atoms with Crippen molar-refractivity contribution in [1.29, 1.82) is 0 Å². The number of ether oxygens (including phenoxy) is 1. The van der Waals surface area contributed by atoms with E-state index in [0.29, 0.717) is 12.3 Å². The van der Waals surface area contributed by atoms with Crippen molar-refractivity contribution in [1.82, 2.24) is 10.6 Å². The van der Waals surface area contributed by atoms with Gasteiger partial charge >= 0.3 is 6.03 Å². The van der Waals surface area contributed by atoms with Crippen molar-refractivity contribution in [3.63, 3.8) is 0 Å². The van der Waals surface area contributed by atoms with Crippen LogP contribution in [0.4, 0.5) is 9.18 Å². The molecule has 0 saturated carbocycles. The van der Waals surface area contributed by atoms with Crippen molar-refractivity contribution in [2.24, 2.45) is 0 Å². The van der Waals surface area contributed by atoms with Crippen LogP contribution >= 0.6 is 0 Å². The van der Waals surface area contributed by atoms with E-state index in [-0.39, 0.29) is 30.6 Å². The third kappa shape index (κ3) is 6.05. The standard InChI is InChI=1S/C13H19FN2O3/c1-9(8-17)16-13(18)15-7-10(2)19-12-5-3-11(14)4-6-12/h3-6,9-10,17H,7-8H2,1-2H3,(H2,15,16,18). The van der Waals surface area contributed by atoms with Gasteiger partial charge in [-0.05, 0) is 38.1 Å². The molecule has 1 aromatic carbocycles. The van der Waals surface area contributed by atoms with Crippen LogP contribution in [0.2, 0.25) is 0 Å². The van der Waals surface area contributed by atoms with Crippen molar-refractivity contribution >= 4 is 6.03 Å². The molecule has 106 valence electrons. The summed E-state index contributed by atoms with van der Waals surface area (Å²) in [5.41, 5.74) is 0. The molecule has 0 aliphatic heterocycles. The molecule has 0 aromatic heterocycles. The normalized spacial score (nSPS) is 13.5. The van der Waals surface area contributed by atoms with Crippen molar-refractivity contribution in [2.45, 2.75) is 26.0 Å². The second-order valence-corrected chi connectivity index (χ2v) is 4.32. The lowest BCUT2D eigenvalue weighted by atomic mass is 10.3. The first kappa shape index (κ1) is 15.2. The minimum Gasteiger partial charge on any atom is -0.489 e. The van der Waals surface area contributed by atoms with Crippen molar-refractivity contribution in [2.75, 3.05) is 13.2 Å². The highest BCUT2D eigenvalue weighted by Gasteiger charge is 2.08. The topological polar surface area (TPSA) is 70.6 Å². The Kier molecular flexibility index (Phi) is 6.08. The van der Waals surface area contributed by atoms with Gasteiger partial charge in [0.05, 0.1) is 19.2 Å². The van der Waals surface area contributed by atoms with Gasteiger partial charge in [-0.1, -0.05) is 0 Å². The second kappa shape index (κ2) is 7.58. The van der Waals surface area contributed by atoms with Crippen LogP contribution in [0.15, 0.2) is 24.3 Å². The van der Waals surface area contributed by atoms with Crippen molar-refractivity contribution in [3.8, 4) is 5.75 Å². The maximum atomic E-state index is 12.7. The maximum absolute atomic E-state index is 12.7. The number of amides is 2. The zero-order chi connectivity index (χ0) is 14.3. The Morgan fingerprint density at radius 3 is 2.58 bits per heavy atom. The molecular formula is C13H19FN2O3. The Morgan fingerprint density at radius 1 is 1.37 bits per heavy atom. The van der Waals surface area contributed by atoms with E-state index in [1.807, 2.05) is 0 Å². The Balaban J connectivity index is 2.29. The molecule has 2 unspecified atom stereocenters. The number of nitrogens with one attached hydrogen (secondary N) is 2. The lowest BCUT2D eigenvalue weighted by Crippen LogP contribution is -2.45. The maximum Gasteiger partial charge on any atom is 0.315 e. The predicted molar refractivity (Wildman–Crippen MR) is 69.6 cm³/mol. The highest BCUT2D eigenvalue weighted by Crippen LogP contribution is 2.12. The molecule has 3 N–H and O–H groups in total. The average Bonchev–Trinajstić information content (AvgIpc) is 2.39. The molecule has 5 nitrogen and oxygen atoms in total. The number of aliphatic hydroxyl groups excluding tert-OH is 1. The van der Waals surface area contributed by atoms with Crippen LogP contribution in [0.5, 0.6) is 5.75 Å². The number of carbonyl (C=O) groups excluding carboxylic acids is 1. The first-order chi connectivity index (χ1) is 9.01. The van der Waals surface area contributed by atoms with Gasteiger partial charge in [-0.2, -0.15) is 0 Å². The first-order valence-corrected chi connectivity index (χ1v) is 6.08. The van der Waals surface area contributed by atoms with E-state index in [4.69, 9.17) is 9.84 Å². The summed E-state index contributed by atoms with van der Waals surface area (Å²) in [4.78, 5) is 11.4. The molecule has 0 fully saturated rings. The number of hydrogen-bond acceptors (Lipinski definition) is 3. The summed E-state index contributed by atoms with van der Waals surface area (Å²) in [7, 11) is 0. The number of carbonyl (C=O) groups is 1.